The van der Waals surface area contributed by atoms with Gasteiger partial charge in [0, 0.05) is 24.3 Å². The van der Waals surface area contributed by atoms with E-state index in [4.69, 9.17) is 15.2 Å². The van der Waals surface area contributed by atoms with Crippen molar-refractivity contribution in [3.63, 3.8) is 0 Å². The van der Waals surface area contributed by atoms with E-state index in [2.05, 4.69) is 29.6 Å². The fourth-order valence-electron chi connectivity index (χ4n) is 3.02. The van der Waals surface area contributed by atoms with Gasteiger partial charge in [0.15, 0.2) is 11.5 Å². The van der Waals surface area contributed by atoms with E-state index < -0.39 is 0 Å². The first-order valence-electron chi connectivity index (χ1n) is 7.59. The second-order valence-corrected chi connectivity index (χ2v) is 5.48. The summed E-state index contributed by atoms with van der Waals surface area (Å²) < 4.78 is 10.9. The zero-order chi connectivity index (χ0) is 15.5. The predicted octanol–water partition coefficient (Wildman–Crippen LogP) is 3.19. The van der Waals surface area contributed by atoms with Crippen LogP contribution in [-0.2, 0) is 13.0 Å². The molecule has 2 aromatic rings. The van der Waals surface area contributed by atoms with Gasteiger partial charge in [-0.05, 0) is 53.8 Å². The van der Waals surface area contributed by atoms with Crippen molar-refractivity contribution in [2.75, 3.05) is 26.1 Å². The molecule has 0 unspecified atom stereocenters. The second-order valence-electron chi connectivity index (χ2n) is 5.48. The van der Waals surface area contributed by atoms with Crippen LogP contribution in [0.4, 0.5) is 5.69 Å². The molecule has 3 N–H and O–H groups in total. The minimum absolute atomic E-state index is 0.417. The number of anilines is 1. The third-order valence-electron chi connectivity index (χ3n) is 4.15. The van der Waals surface area contributed by atoms with E-state index in [1.807, 2.05) is 6.07 Å². The van der Waals surface area contributed by atoms with Crippen molar-refractivity contribution in [1.29, 1.82) is 0 Å². The average molecular weight is 298 g/mol. The maximum Gasteiger partial charge on any atom is 0.165 e. The fourth-order valence-corrected chi connectivity index (χ4v) is 3.02. The van der Waals surface area contributed by atoms with Gasteiger partial charge in [0.25, 0.3) is 0 Å². The van der Waals surface area contributed by atoms with Gasteiger partial charge in [-0.25, -0.2) is 0 Å². The van der Waals surface area contributed by atoms with Crippen LogP contribution in [-0.4, -0.2) is 20.8 Å². The highest BCUT2D eigenvalue weighted by atomic mass is 16.5. The quantitative estimate of drug-likeness (QED) is 0.910. The maximum absolute atomic E-state index is 5.86. The molecule has 0 aliphatic carbocycles. The van der Waals surface area contributed by atoms with E-state index in [9.17, 15) is 0 Å². The van der Waals surface area contributed by atoms with Gasteiger partial charge in [-0.15, -0.1) is 0 Å². The summed E-state index contributed by atoms with van der Waals surface area (Å²) in [4.78, 5) is 0. The summed E-state index contributed by atoms with van der Waals surface area (Å²) in [5.74, 6) is 1.43. The minimum Gasteiger partial charge on any atom is -0.493 e. The molecule has 1 aliphatic heterocycles. The van der Waals surface area contributed by atoms with Crippen LogP contribution in [0.1, 0.15) is 17.5 Å². The number of nitrogens with one attached hydrogen (secondary N) is 1. The maximum atomic E-state index is 5.86. The zero-order valence-corrected chi connectivity index (χ0v) is 13.1. The van der Waals surface area contributed by atoms with E-state index in [0.717, 1.165) is 29.8 Å². The number of aryl methyl sites for hydroxylation is 1. The van der Waals surface area contributed by atoms with E-state index in [1.165, 1.54) is 23.2 Å². The van der Waals surface area contributed by atoms with Crippen LogP contribution in [0.2, 0.25) is 0 Å². The van der Waals surface area contributed by atoms with Crippen LogP contribution in [0, 0.1) is 0 Å². The zero-order valence-electron chi connectivity index (χ0n) is 13.1. The minimum atomic E-state index is 0.417. The molecule has 0 saturated heterocycles. The SMILES string of the molecule is COc1cc(-c2ccc3c(c2)CCCN3)cc(CN)c1OC. The molecule has 0 bridgehead atoms. The Kier molecular flexibility index (Phi) is 4.20. The Morgan fingerprint density at radius 3 is 2.68 bits per heavy atom. The molecule has 0 spiro atoms. The summed E-state index contributed by atoms with van der Waals surface area (Å²) in [5, 5.41) is 3.44. The molecule has 0 atom stereocenters. The topological polar surface area (TPSA) is 56.5 Å². The van der Waals surface area contributed by atoms with Gasteiger partial charge >= 0.3 is 0 Å². The molecule has 4 nitrogen and oxygen atoms in total. The van der Waals surface area contributed by atoms with E-state index in [1.54, 1.807) is 14.2 Å². The van der Waals surface area contributed by atoms with Crippen molar-refractivity contribution in [3.05, 3.63) is 41.5 Å². The van der Waals surface area contributed by atoms with Crippen LogP contribution >= 0.6 is 0 Å². The standard InChI is InChI=1S/C18H22N2O2/c1-21-17-10-14(9-15(11-19)18(17)22-2)12-5-6-16-13(8-12)4-3-7-20-16/h5-6,8-10,20H,3-4,7,11,19H2,1-2H3. The lowest BCUT2D eigenvalue weighted by Crippen LogP contribution is -2.11. The Morgan fingerprint density at radius 2 is 1.95 bits per heavy atom. The number of methoxy groups -OCH3 is 2. The van der Waals surface area contributed by atoms with Crippen LogP contribution in [0.3, 0.4) is 0 Å². The number of benzene rings is 2. The van der Waals surface area contributed by atoms with Gasteiger partial charge in [-0.3, -0.25) is 0 Å². The van der Waals surface area contributed by atoms with Gasteiger partial charge < -0.3 is 20.5 Å². The number of nitrogens with two attached hydrogens (primary N) is 1. The molecule has 1 aliphatic rings. The van der Waals surface area contributed by atoms with E-state index in [0.29, 0.717) is 12.3 Å². The lowest BCUT2D eigenvalue weighted by molar-refractivity contribution is 0.352. The number of ether oxygens (including phenoxy) is 2. The molecule has 0 fully saturated rings. The molecule has 0 radical (unpaired) electrons. The van der Waals surface area contributed by atoms with Crippen LogP contribution in [0.25, 0.3) is 11.1 Å². The van der Waals surface area contributed by atoms with Crippen LogP contribution in [0.5, 0.6) is 11.5 Å². The normalized spacial score (nSPS) is 13.2. The van der Waals surface area contributed by atoms with Crippen LogP contribution < -0.4 is 20.5 Å². The Morgan fingerprint density at radius 1 is 1.09 bits per heavy atom. The predicted molar refractivity (Wildman–Crippen MR) is 89.7 cm³/mol. The highest BCUT2D eigenvalue weighted by molar-refractivity contribution is 5.72. The summed E-state index contributed by atoms with van der Waals surface area (Å²) in [5.41, 5.74) is 11.7. The van der Waals surface area contributed by atoms with Gasteiger partial charge in [0.2, 0.25) is 0 Å². The van der Waals surface area contributed by atoms with E-state index >= 15 is 0 Å². The lowest BCUT2D eigenvalue weighted by atomic mass is 9.96. The summed E-state index contributed by atoms with van der Waals surface area (Å²) in [6.07, 6.45) is 2.30. The Bertz CT molecular complexity index is 658. The van der Waals surface area contributed by atoms with Crippen molar-refractivity contribution in [2.45, 2.75) is 19.4 Å². The summed E-state index contributed by atoms with van der Waals surface area (Å²) >= 11 is 0. The second kappa shape index (κ2) is 6.28. The molecular weight excluding hydrogens is 276 g/mol. The third kappa shape index (κ3) is 2.62. The molecule has 4 heteroatoms. The smallest absolute Gasteiger partial charge is 0.165 e. The molecule has 0 saturated carbocycles. The van der Waals surface area contributed by atoms with E-state index in [-0.39, 0.29) is 0 Å². The summed E-state index contributed by atoms with van der Waals surface area (Å²) in [6, 6.07) is 10.6. The number of fused-ring (bicyclic) bond motifs is 1. The molecule has 0 aromatic heterocycles. The number of hydrogen-bond acceptors (Lipinski definition) is 4. The van der Waals surface area contributed by atoms with Crippen molar-refractivity contribution in [1.82, 2.24) is 0 Å². The van der Waals surface area contributed by atoms with Crippen LogP contribution in [0.15, 0.2) is 30.3 Å². The first kappa shape index (κ1) is 14.7. The highest BCUT2D eigenvalue weighted by Gasteiger charge is 2.14. The average Bonchev–Trinajstić information content (AvgIpc) is 2.59. The highest BCUT2D eigenvalue weighted by Crippen LogP contribution is 2.37. The Balaban J connectivity index is 2.08. The lowest BCUT2D eigenvalue weighted by Gasteiger charge is -2.19. The van der Waals surface area contributed by atoms with Crippen molar-refractivity contribution in [3.8, 4) is 22.6 Å². The number of hydrogen-bond donors (Lipinski definition) is 2. The van der Waals surface area contributed by atoms with Crippen molar-refractivity contribution < 1.29 is 9.47 Å². The molecule has 22 heavy (non-hydrogen) atoms. The van der Waals surface area contributed by atoms with Gasteiger partial charge in [-0.2, -0.15) is 0 Å². The first-order valence-corrected chi connectivity index (χ1v) is 7.59. The summed E-state index contributed by atoms with van der Waals surface area (Å²) in [6.45, 7) is 1.47. The molecule has 3 rings (SSSR count). The number of rotatable bonds is 4. The van der Waals surface area contributed by atoms with Gasteiger partial charge in [-0.1, -0.05) is 6.07 Å². The monoisotopic (exact) mass is 298 g/mol. The molecule has 2 aromatic carbocycles. The Labute approximate surface area is 131 Å². The van der Waals surface area contributed by atoms with Gasteiger partial charge in [0.1, 0.15) is 0 Å². The fraction of sp³-hybridized carbons (Fsp3) is 0.333. The Hall–Kier alpha value is -2.20. The first-order chi connectivity index (χ1) is 10.8. The summed E-state index contributed by atoms with van der Waals surface area (Å²) in [7, 11) is 3.29. The molecular formula is C18H22N2O2. The largest absolute Gasteiger partial charge is 0.493 e. The van der Waals surface area contributed by atoms with Crippen molar-refractivity contribution in [2.24, 2.45) is 5.73 Å². The third-order valence-corrected chi connectivity index (χ3v) is 4.15. The van der Waals surface area contributed by atoms with Crippen molar-refractivity contribution >= 4 is 5.69 Å². The molecule has 0 amide bonds. The molecule has 116 valence electrons. The van der Waals surface area contributed by atoms with Gasteiger partial charge in [0.05, 0.1) is 14.2 Å². The molecule has 1 heterocycles.